The molecule has 1 unspecified atom stereocenters. The van der Waals surface area contributed by atoms with Crippen molar-refractivity contribution in [2.75, 3.05) is 41.7 Å². The molecular weight excluding hydrogens is 375 g/mol. The quantitative estimate of drug-likeness (QED) is 0.215. The van der Waals surface area contributed by atoms with Gasteiger partial charge in [-0.25, -0.2) is 0 Å². The number of ether oxygens (including phenoxy) is 3. The van der Waals surface area contributed by atoms with E-state index in [-0.39, 0.29) is 6.10 Å². The molecule has 0 aliphatic heterocycles. The Balaban J connectivity index is -0.000000165. The Morgan fingerprint density at radius 1 is 1.15 bits per heavy atom. The molecule has 9 nitrogen and oxygen atoms in total. The molecule has 0 saturated heterocycles. The smallest absolute Gasteiger partial charge is 0.251 e. The first-order chi connectivity index (χ1) is 12.9. The minimum Gasteiger partial charge on any atom is -0.382 e. The molecule has 1 atom stereocenters. The highest BCUT2D eigenvalue weighted by Crippen LogP contribution is 2.24. The van der Waals surface area contributed by atoms with Crippen molar-refractivity contribution in [3.63, 3.8) is 0 Å². The van der Waals surface area contributed by atoms with Crippen molar-refractivity contribution in [2.45, 2.75) is 33.8 Å². The van der Waals surface area contributed by atoms with Crippen molar-refractivity contribution in [2.24, 2.45) is 0 Å². The number of imide groups is 1. The predicted molar refractivity (Wildman–Crippen MR) is 109 cm³/mol. The van der Waals surface area contributed by atoms with Crippen LogP contribution in [0, 0.1) is 0 Å². The highest BCUT2D eigenvalue weighted by atomic mass is 31.2. The molecule has 0 aliphatic carbocycles. The number of methoxy groups -OCH3 is 3. The second kappa shape index (κ2) is 29.4. The van der Waals surface area contributed by atoms with Crippen LogP contribution in [0.1, 0.15) is 27.7 Å². The molecule has 27 heavy (non-hydrogen) atoms. The van der Waals surface area contributed by atoms with Crippen LogP contribution in [0.15, 0.2) is 24.2 Å². The minimum atomic E-state index is -1.97. The van der Waals surface area contributed by atoms with E-state index in [1.54, 1.807) is 32.2 Å². The summed E-state index contributed by atoms with van der Waals surface area (Å²) in [4.78, 5) is 39.1. The average Bonchev–Trinajstić information content (AvgIpc) is 2.67. The van der Waals surface area contributed by atoms with Gasteiger partial charge in [0.05, 0.1) is 12.7 Å². The van der Waals surface area contributed by atoms with Gasteiger partial charge in [0.15, 0.2) is 8.38 Å². The fourth-order valence-corrected chi connectivity index (χ4v) is 1.43. The van der Waals surface area contributed by atoms with E-state index in [0.29, 0.717) is 19.7 Å². The summed E-state index contributed by atoms with van der Waals surface area (Å²) in [5.74, 6) is 0.843. The number of nitrogens with zero attached hydrogens (tertiary/aromatic N) is 1. The maximum atomic E-state index is 10.7. The molecule has 3 N–H and O–H groups in total. The summed E-state index contributed by atoms with van der Waals surface area (Å²) in [6, 6.07) is 0. The lowest BCUT2D eigenvalue weighted by Gasteiger charge is -2.10. The highest BCUT2D eigenvalue weighted by molar-refractivity contribution is 7.48. The van der Waals surface area contributed by atoms with Crippen LogP contribution in [0.5, 0.6) is 0 Å². The van der Waals surface area contributed by atoms with Crippen molar-refractivity contribution in [1.82, 2.24) is 10.2 Å². The first kappa shape index (κ1) is 33.3. The summed E-state index contributed by atoms with van der Waals surface area (Å²) in [5, 5.41) is 1.97. The molecule has 0 saturated carbocycles. The lowest BCUT2D eigenvalue weighted by Crippen LogP contribution is -2.20. The highest BCUT2D eigenvalue weighted by Gasteiger charge is 2.01. The Morgan fingerprint density at radius 3 is 2.07 bits per heavy atom. The molecule has 0 aromatic rings. The van der Waals surface area contributed by atoms with E-state index < -0.39 is 14.3 Å². The third-order valence-electron chi connectivity index (χ3n) is 2.08. The van der Waals surface area contributed by atoms with E-state index in [2.05, 4.69) is 0 Å². The van der Waals surface area contributed by atoms with Crippen LogP contribution in [0.4, 0.5) is 0 Å². The SMILES string of the molecule is CC.CC.COCC(/C=C/P(O)O)OC.COCN(C)/C=C\C(=O)NC=O. The molecule has 0 aromatic heterocycles. The second-order valence-electron chi connectivity index (χ2n) is 4.01. The van der Waals surface area contributed by atoms with Crippen molar-refractivity contribution in [1.29, 1.82) is 0 Å². The van der Waals surface area contributed by atoms with Gasteiger partial charge >= 0.3 is 0 Å². The summed E-state index contributed by atoms with van der Waals surface area (Å²) in [7, 11) is 4.42. The zero-order chi connectivity index (χ0) is 22.1. The van der Waals surface area contributed by atoms with E-state index >= 15 is 0 Å². The Labute approximate surface area is 164 Å². The number of carbonyl (C=O) groups excluding carboxylic acids is 2. The zero-order valence-corrected chi connectivity index (χ0v) is 18.6. The van der Waals surface area contributed by atoms with Gasteiger partial charge in [0.25, 0.3) is 5.91 Å². The topological polar surface area (TPSA) is 118 Å². The fraction of sp³-hybridized carbons (Fsp3) is 0.647. The molecule has 0 radical (unpaired) electrons. The van der Waals surface area contributed by atoms with Crippen LogP contribution in [0.25, 0.3) is 0 Å². The van der Waals surface area contributed by atoms with Gasteiger partial charge in [0, 0.05) is 40.7 Å². The molecule has 0 heterocycles. The first-order valence-electron chi connectivity index (χ1n) is 8.39. The number of amides is 2. The van der Waals surface area contributed by atoms with Crippen molar-refractivity contribution in [3.8, 4) is 0 Å². The van der Waals surface area contributed by atoms with Gasteiger partial charge in [0.1, 0.15) is 6.73 Å². The predicted octanol–water partition coefficient (Wildman–Crippen LogP) is 1.82. The van der Waals surface area contributed by atoms with Crippen LogP contribution >= 0.6 is 8.38 Å². The number of hydrogen-bond donors (Lipinski definition) is 3. The molecule has 162 valence electrons. The largest absolute Gasteiger partial charge is 0.382 e. The van der Waals surface area contributed by atoms with Crippen molar-refractivity contribution < 1.29 is 33.6 Å². The number of nitrogens with one attached hydrogen (secondary N) is 1. The van der Waals surface area contributed by atoms with E-state index in [1.807, 2.05) is 33.0 Å². The van der Waals surface area contributed by atoms with E-state index in [0.717, 1.165) is 0 Å². The summed E-state index contributed by atoms with van der Waals surface area (Å²) in [6.45, 7) is 8.81. The molecular formula is C17H37N2O7P. The molecule has 0 aromatic carbocycles. The van der Waals surface area contributed by atoms with Crippen LogP contribution in [-0.4, -0.2) is 74.8 Å². The van der Waals surface area contributed by atoms with Crippen LogP contribution in [0.3, 0.4) is 0 Å². The minimum absolute atomic E-state index is 0.204. The van der Waals surface area contributed by atoms with Gasteiger partial charge in [-0.1, -0.05) is 27.7 Å². The van der Waals surface area contributed by atoms with Crippen LogP contribution < -0.4 is 5.32 Å². The zero-order valence-electron chi connectivity index (χ0n) is 17.7. The van der Waals surface area contributed by atoms with E-state index in [4.69, 9.17) is 24.0 Å². The van der Waals surface area contributed by atoms with Gasteiger partial charge in [-0.15, -0.1) is 0 Å². The number of rotatable bonds is 10. The molecule has 2 amide bonds. The molecule has 0 fully saturated rings. The monoisotopic (exact) mass is 412 g/mol. The van der Waals surface area contributed by atoms with Crippen LogP contribution in [0.2, 0.25) is 0 Å². The molecule has 0 rings (SSSR count). The van der Waals surface area contributed by atoms with Crippen LogP contribution in [-0.2, 0) is 23.8 Å². The third-order valence-corrected chi connectivity index (χ3v) is 2.52. The fourth-order valence-electron chi connectivity index (χ4n) is 1.09. The Hall–Kier alpha value is -1.35. The Morgan fingerprint density at radius 2 is 1.70 bits per heavy atom. The Bertz CT molecular complexity index is 367. The standard InChI is InChI=1S/C7H12N2O3.C6H13O4P.2C2H6/c1-9(6-12-2)4-3-7(11)8-5-10;1-9-5-6(10-2)3-4-11(7)8;2*1-2/h3-5H,6H2,1-2H3,(H,8,10,11);3-4,6-8H,5H2,1-2H3;2*1-2H3/b4-3-;4-3+;;. The van der Waals surface area contributed by atoms with Crippen molar-refractivity contribution in [3.05, 3.63) is 24.2 Å². The molecule has 0 spiro atoms. The van der Waals surface area contributed by atoms with E-state index in [1.165, 1.54) is 25.2 Å². The summed E-state index contributed by atoms with van der Waals surface area (Å²) in [6.07, 6.45) is 4.46. The number of carbonyl (C=O) groups is 2. The van der Waals surface area contributed by atoms with E-state index in [9.17, 15) is 9.59 Å². The number of hydrogen-bond acceptors (Lipinski definition) is 8. The maximum absolute atomic E-state index is 10.7. The van der Waals surface area contributed by atoms with Gasteiger partial charge in [-0.05, 0) is 11.9 Å². The second-order valence-corrected chi connectivity index (χ2v) is 4.95. The molecule has 0 aliphatic rings. The van der Waals surface area contributed by atoms with Gasteiger partial charge in [-0.2, -0.15) is 0 Å². The Kier molecular flexibility index (Phi) is 36.2. The molecule has 10 heteroatoms. The average molecular weight is 412 g/mol. The van der Waals surface area contributed by atoms with Gasteiger partial charge in [-0.3, -0.25) is 14.9 Å². The van der Waals surface area contributed by atoms with Gasteiger partial charge in [0.2, 0.25) is 6.41 Å². The molecule has 0 bridgehead atoms. The lowest BCUT2D eigenvalue weighted by atomic mass is 10.4. The normalized spacial score (nSPS) is 10.8. The van der Waals surface area contributed by atoms with Gasteiger partial charge < -0.3 is 28.9 Å². The third kappa shape index (κ3) is 32.8. The summed E-state index contributed by atoms with van der Waals surface area (Å²) < 4.78 is 14.5. The van der Waals surface area contributed by atoms with Crippen molar-refractivity contribution >= 4 is 20.7 Å². The summed E-state index contributed by atoms with van der Waals surface area (Å²) >= 11 is 0. The lowest BCUT2D eigenvalue weighted by molar-refractivity contribution is -0.121. The maximum Gasteiger partial charge on any atom is 0.251 e. The first-order valence-corrected chi connectivity index (χ1v) is 9.71. The summed E-state index contributed by atoms with van der Waals surface area (Å²) in [5.41, 5.74) is 0.